The van der Waals surface area contributed by atoms with Crippen molar-refractivity contribution in [2.75, 3.05) is 47.5 Å². The van der Waals surface area contributed by atoms with Gasteiger partial charge in [0.2, 0.25) is 0 Å². The quantitative estimate of drug-likeness (QED) is 0.0195. The van der Waals surface area contributed by atoms with Gasteiger partial charge in [-0.05, 0) is 38.5 Å². The Morgan fingerprint density at radius 2 is 0.515 bits per heavy atom. The van der Waals surface area contributed by atoms with Crippen LogP contribution in [-0.2, 0) is 33.3 Å². The maximum absolute atomic E-state index is 13.0. The van der Waals surface area contributed by atoms with Crippen molar-refractivity contribution in [3.63, 3.8) is 0 Å². The van der Waals surface area contributed by atoms with Crippen LogP contribution in [0.1, 0.15) is 489 Å². The van der Waals surface area contributed by atoms with E-state index in [0.717, 1.165) is 38.5 Å². The first-order chi connectivity index (χ1) is 48.6. The highest BCUT2D eigenvalue weighted by Crippen LogP contribution is 2.21. The number of quaternary nitrogens is 1. The molecular weight excluding hydrogens is 1220 g/mol. The van der Waals surface area contributed by atoms with Crippen LogP contribution in [-0.4, -0.2) is 82.3 Å². The molecule has 0 bridgehead atoms. The number of aliphatic carboxylic acids is 1. The maximum Gasteiger partial charge on any atom is 0.306 e. The van der Waals surface area contributed by atoms with Crippen molar-refractivity contribution in [3.05, 3.63) is 12.2 Å². The Balaban J connectivity index is 3.88. The van der Waals surface area contributed by atoms with Crippen molar-refractivity contribution in [2.45, 2.75) is 501 Å². The van der Waals surface area contributed by atoms with Crippen LogP contribution in [0.5, 0.6) is 0 Å². The molecule has 0 heterocycles. The Bertz CT molecular complexity index is 1630. The van der Waals surface area contributed by atoms with Gasteiger partial charge in [0.1, 0.15) is 13.2 Å². The lowest BCUT2D eigenvalue weighted by atomic mass is 10.0. The SMILES string of the molecule is CCCCCCCCCC/C=C\CCCCCCCCCCCCCCCCCCCCCCCCCCCC(=O)OC(COC(=O)CCCCCCCCCCCCCCCCCCCCCCCCCCCCCCCCCCCCCCC)COC(OCC[N+](C)(C)C)C(=O)[O-]. The monoisotopic (exact) mass is 1400 g/mol. The summed E-state index contributed by atoms with van der Waals surface area (Å²) in [6.45, 7) is 4.86. The summed E-state index contributed by atoms with van der Waals surface area (Å²) in [6.07, 6.45) is 101. The predicted octanol–water partition coefficient (Wildman–Crippen LogP) is 27.7. The number of carbonyl (C=O) groups is 3. The van der Waals surface area contributed by atoms with Crippen LogP contribution in [0, 0.1) is 0 Å². The number of allylic oxidation sites excluding steroid dienone is 2. The number of likely N-dealkylation sites (N-methyl/N-ethyl adjacent to an activating group) is 1. The van der Waals surface area contributed by atoms with Gasteiger partial charge in [-0.2, -0.15) is 0 Å². The molecule has 2 unspecified atom stereocenters. The normalized spacial score (nSPS) is 12.5. The van der Waals surface area contributed by atoms with Crippen LogP contribution in [0.3, 0.4) is 0 Å². The minimum atomic E-state index is -1.62. The van der Waals surface area contributed by atoms with Gasteiger partial charge in [-0.25, -0.2) is 0 Å². The van der Waals surface area contributed by atoms with Crippen molar-refractivity contribution in [3.8, 4) is 0 Å². The summed E-state index contributed by atoms with van der Waals surface area (Å²) < 4.78 is 22.9. The summed E-state index contributed by atoms with van der Waals surface area (Å²) in [5, 5.41) is 11.9. The molecule has 0 N–H and O–H groups in total. The van der Waals surface area contributed by atoms with Gasteiger partial charge in [0.15, 0.2) is 12.4 Å². The van der Waals surface area contributed by atoms with E-state index < -0.39 is 24.3 Å². The van der Waals surface area contributed by atoms with Crippen molar-refractivity contribution in [2.24, 2.45) is 0 Å². The Morgan fingerprint density at radius 1 is 0.293 bits per heavy atom. The zero-order chi connectivity index (χ0) is 71.8. The summed E-state index contributed by atoms with van der Waals surface area (Å²) in [7, 11) is 5.96. The lowest BCUT2D eigenvalue weighted by Gasteiger charge is -2.26. The molecule has 99 heavy (non-hydrogen) atoms. The summed E-state index contributed by atoms with van der Waals surface area (Å²) in [5.41, 5.74) is 0. The van der Waals surface area contributed by atoms with Crippen molar-refractivity contribution >= 4 is 17.9 Å². The van der Waals surface area contributed by atoms with Crippen LogP contribution in [0.4, 0.5) is 0 Å². The van der Waals surface area contributed by atoms with Crippen LogP contribution in [0.15, 0.2) is 12.2 Å². The highest BCUT2D eigenvalue weighted by molar-refractivity contribution is 5.70. The molecule has 0 aromatic rings. The van der Waals surface area contributed by atoms with Crippen LogP contribution in [0.25, 0.3) is 0 Å². The molecule has 588 valence electrons. The smallest absolute Gasteiger partial charge is 0.306 e. The summed E-state index contributed by atoms with van der Waals surface area (Å²) in [5.74, 6) is -2.24. The molecule has 0 aliphatic rings. The number of esters is 2. The standard InChI is InChI=1S/C90H175NO8/c1-6-8-10-12-14-16-18-20-22-24-26-28-30-32-34-36-38-40-42-44-46-48-50-52-54-56-58-60-62-64-66-68-70-72-74-76-78-80-87(92)97-84-86(85-98-90(89(94)95)96-83-82-91(3,4)5)99-88(93)81-79-77-75-73-71-69-67-65-63-61-59-57-55-53-51-49-47-45-43-41-39-37-35-33-31-29-27-25-23-21-19-17-15-13-11-9-7-2/h25,27,86,90H,6-24,26,28-85H2,1-5H3/b27-25-. The van der Waals surface area contributed by atoms with Crippen LogP contribution >= 0.6 is 0 Å². The zero-order valence-corrected chi connectivity index (χ0v) is 67.7. The third kappa shape index (κ3) is 83.2. The lowest BCUT2D eigenvalue weighted by Crippen LogP contribution is -2.44. The topological polar surface area (TPSA) is 111 Å². The fraction of sp³-hybridized carbons (Fsp3) is 0.944. The average molecular weight is 1400 g/mol. The van der Waals surface area contributed by atoms with Gasteiger partial charge in [0.05, 0.1) is 40.3 Å². The van der Waals surface area contributed by atoms with E-state index >= 15 is 0 Å². The molecule has 0 radical (unpaired) electrons. The number of rotatable bonds is 86. The largest absolute Gasteiger partial charge is 0.545 e. The average Bonchev–Trinajstić information content (AvgIpc) is 2.19. The van der Waals surface area contributed by atoms with E-state index in [0.29, 0.717) is 17.4 Å². The molecular formula is C90H175NO8. The third-order valence-electron chi connectivity index (χ3n) is 21.0. The summed E-state index contributed by atoms with van der Waals surface area (Å²) >= 11 is 0. The van der Waals surface area contributed by atoms with E-state index in [2.05, 4.69) is 26.0 Å². The molecule has 0 saturated carbocycles. The van der Waals surface area contributed by atoms with Gasteiger partial charge >= 0.3 is 11.9 Å². The van der Waals surface area contributed by atoms with E-state index in [4.69, 9.17) is 18.9 Å². The number of unbranched alkanes of at least 4 members (excludes halogenated alkanes) is 69. The van der Waals surface area contributed by atoms with Gasteiger partial charge in [-0.15, -0.1) is 0 Å². The molecule has 0 spiro atoms. The highest BCUT2D eigenvalue weighted by Gasteiger charge is 2.22. The third-order valence-corrected chi connectivity index (χ3v) is 21.0. The molecule has 0 aromatic heterocycles. The van der Waals surface area contributed by atoms with Crippen LogP contribution in [0.2, 0.25) is 0 Å². The van der Waals surface area contributed by atoms with Gasteiger partial charge < -0.3 is 33.3 Å². The first-order valence-corrected chi connectivity index (χ1v) is 44.8. The number of nitrogens with zero attached hydrogens (tertiary/aromatic N) is 1. The van der Waals surface area contributed by atoms with Gasteiger partial charge in [-0.3, -0.25) is 9.59 Å². The number of hydrogen-bond donors (Lipinski definition) is 0. The minimum absolute atomic E-state index is 0.153. The molecule has 0 aromatic carbocycles. The van der Waals surface area contributed by atoms with E-state index in [1.165, 1.54) is 424 Å². The molecule has 9 heteroatoms. The van der Waals surface area contributed by atoms with Crippen molar-refractivity contribution < 1.29 is 42.9 Å². The van der Waals surface area contributed by atoms with Gasteiger partial charge in [-0.1, -0.05) is 450 Å². The lowest BCUT2D eigenvalue weighted by molar-refractivity contribution is -0.870. The number of carbonyl (C=O) groups excluding carboxylic acids is 3. The molecule has 0 aliphatic carbocycles. The predicted molar refractivity (Wildman–Crippen MR) is 427 cm³/mol. The second kappa shape index (κ2) is 81.7. The van der Waals surface area contributed by atoms with Gasteiger partial charge in [0.25, 0.3) is 0 Å². The number of ether oxygens (including phenoxy) is 4. The molecule has 0 rings (SSSR count). The Kier molecular flexibility index (Phi) is 80.1. The zero-order valence-electron chi connectivity index (χ0n) is 67.7. The van der Waals surface area contributed by atoms with E-state index in [1.807, 2.05) is 21.1 Å². The van der Waals surface area contributed by atoms with Crippen molar-refractivity contribution in [1.82, 2.24) is 0 Å². The van der Waals surface area contributed by atoms with Crippen molar-refractivity contribution in [1.29, 1.82) is 0 Å². The molecule has 0 aliphatic heterocycles. The first-order valence-electron chi connectivity index (χ1n) is 44.8. The summed E-state index contributed by atoms with van der Waals surface area (Å²) in [6, 6.07) is 0. The Hall–Kier alpha value is -1.97. The Labute approximate surface area is 618 Å². The van der Waals surface area contributed by atoms with Gasteiger partial charge in [0, 0.05) is 12.8 Å². The fourth-order valence-electron chi connectivity index (χ4n) is 14.2. The molecule has 0 amide bonds. The van der Waals surface area contributed by atoms with E-state index in [9.17, 15) is 19.5 Å². The highest BCUT2D eigenvalue weighted by atomic mass is 16.7. The molecule has 9 nitrogen and oxygen atoms in total. The number of hydrogen-bond acceptors (Lipinski definition) is 8. The molecule has 0 fully saturated rings. The van der Waals surface area contributed by atoms with E-state index in [-0.39, 0.29) is 32.2 Å². The fourth-order valence-corrected chi connectivity index (χ4v) is 14.2. The number of carboxylic acid groups (broad SMARTS) is 1. The first kappa shape index (κ1) is 97.0. The second-order valence-corrected chi connectivity index (χ2v) is 32.3. The number of carboxylic acids is 1. The molecule has 2 atom stereocenters. The van der Waals surface area contributed by atoms with Crippen LogP contribution < -0.4 is 5.11 Å². The maximum atomic E-state index is 13.0. The summed E-state index contributed by atoms with van der Waals surface area (Å²) in [4.78, 5) is 37.7. The molecule has 0 saturated heterocycles. The second-order valence-electron chi connectivity index (χ2n) is 32.3. The Morgan fingerprint density at radius 3 is 0.747 bits per heavy atom. The minimum Gasteiger partial charge on any atom is -0.545 e. The van der Waals surface area contributed by atoms with E-state index in [1.54, 1.807) is 0 Å².